The van der Waals surface area contributed by atoms with Crippen molar-refractivity contribution in [1.82, 2.24) is 25.5 Å². The molecule has 0 unspecified atom stereocenters. The van der Waals surface area contributed by atoms with Crippen LogP contribution < -0.4 is 32.6 Å². The van der Waals surface area contributed by atoms with Gasteiger partial charge in [-0.05, 0) is 51.0 Å². The molecule has 0 bridgehead atoms. The van der Waals surface area contributed by atoms with Crippen LogP contribution >= 0.6 is 0 Å². The number of carbonyl (C=O) groups is 3. The van der Waals surface area contributed by atoms with E-state index in [0.717, 1.165) is 6.42 Å². The van der Waals surface area contributed by atoms with E-state index in [1.165, 1.54) is 10.8 Å². The highest BCUT2D eigenvalue weighted by Crippen LogP contribution is 2.23. The molecule has 0 fully saturated rings. The Morgan fingerprint density at radius 3 is 2.38 bits per heavy atom. The molecule has 0 radical (unpaired) electrons. The molecule has 13 heteroatoms. The molecule has 42 heavy (non-hydrogen) atoms. The van der Waals surface area contributed by atoms with E-state index in [1.54, 1.807) is 42.5 Å². The lowest BCUT2D eigenvalue weighted by Gasteiger charge is -2.17. The van der Waals surface area contributed by atoms with Crippen LogP contribution in [0.4, 0.5) is 16.3 Å². The standard InChI is InChI=1S/C29H36N8O5/c1-5-17(4)35-27(39)21-10-20(11-22(30)12-21)23-14-33-26(34-16(2)3)28(40)37(23)15-24(38)32-13-18-6-8-19(9-7-18)25(31)36-29(41)42/h6-12,14,16-17H,5,13,15,30H2,1-4H3,(H2,31,36)(H,32,38)(H,33,34)(H,35,39)(H,41,42)/t17-/m1/s1. The van der Waals surface area contributed by atoms with Crippen LogP contribution in [0, 0.1) is 5.41 Å². The Hall–Kier alpha value is -5.20. The molecule has 222 valence electrons. The topological polar surface area (TPSA) is 204 Å². The third-order valence-corrected chi connectivity index (χ3v) is 6.25. The summed E-state index contributed by atoms with van der Waals surface area (Å²) in [5, 5.41) is 27.2. The van der Waals surface area contributed by atoms with Gasteiger partial charge in [-0.15, -0.1) is 0 Å². The highest BCUT2D eigenvalue weighted by Gasteiger charge is 2.18. The number of carbonyl (C=O) groups excluding carboxylic acids is 2. The Bertz CT molecular complexity index is 1530. The monoisotopic (exact) mass is 576 g/mol. The number of hydrogen-bond donors (Lipinski definition) is 7. The Morgan fingerprint density at radius 1 is 1.07 bits per heavy atom. The molecule has 3 aromatic rings. The van der Waals surface area contributed by atoms with Crippen LogP contribution in [0.5, 0.6) is 0 Å². The molecule has 0 aliphatic carbocycles. The van der Waals surface area contributed by atoms with Gasteiger partial charge in [0.05, 0.1) is 11.9 Å². The molecule has 13 nitrogen and oxygen atoms in total. The van der Waals surface area contributed by atoms with Crippen LogP contribution in [0.2, 0.25) is 0 Å². The fourth-order valence-corrected chi connectivity index (χ4v) is 3.96. The van der Waals surface area contributed by atoms with E-state index in [-0.39, 0.29) is 42.7 Å². The lowest BCUT2D eigenvalue weighted by Crippen LogP contribution is -2.35. The maximum absolute atomic E-state index is 13.5. The minimum absolute atomic E-state index is 0.0444. The zero-order valence-electron chi connectivity index (χ0n) is 23.9. The Morgan fingerprint density at radius 2 is 1.76 bits per heavy atom. The van der Waals surface area contributed by atoms with Crippen LogP contribution in [0.3, 0.4) is 0 Å². The number of amidine groups is 1. The van der Waals surface area contributed by atoms with Crippen LogP contribution in [-0.4, -0.2) is 50.5 Å². The number of amides is 3. The molecular formula is C29H36N8O5. The van der Waals surface area contributed by atoms with Crippen molar-refractivity contribution in [2.75, 3.05) is 11.1 Å². The SMILES string of the molecule is CC[C@@H](C)NC(=O)c1cc(N)cc(-c2cnc(NC(C)C)c(=O)n2CC(=O)NCc2ccc(C(=N)NC(=O)O)cc2)c1. The fourth-order valence-electron chi connectivity index (χ4n) is 3.96. The molecule has 0 aliphatic rings. The summed E-state index contributed by atoms with van der Waals surface area (Å²) in [7, 11) is 0. The molecule has 1 aromatic heterocycles. The number of hydrogen-bond acceptors (Lipinski definition) is 8. The summed E-state index contributed by atoms with van der Waals surface area (Å²) in [5.41, 5.74) is 8.06. The normalized spacial score (nSPS) is 11.5. The predicted molar refractivity (Wildman–Crippen MR) is 161 cm³/mol. The number of aromatic nitrogens is 2. The molecule has 1 atom stereocenters. The Kier molecular flexibility index (Phi) is 10.4. The van der Waals surface area contributed by atoms with Crippen molar-refractivity contribution in [3.63, 3.8) is 0 Å². The lowest BCUT2D eigenvalue weighted by atomic mass is 10.1. The molecular weight excluding hydrogens is 540 g/mol. The zero-order chi connectivity index (χ0) is 31.0. The first-order valence-electron chi connectivity index (χ1n) is 13.4. The summed E-state index contributed by atoms with van der Waals surface area (Å²) < 4.78 is 1.28. The average molecular weight is 577 g/mol. The van der Waals surface area contributed by atoms with Gasteiger partial charge in [-0.3, -0.25) is 29.7 Å². The summed E-state index contributed by atoms with van der Waals surface area (Å²) in [4.78, 5) is 54.3. The van der Waals surface area contributed by atoms with Crippen LogP contribution in [0.25, 0.3) is 11.3 Å². The summed E-state index contributed by atoms with van der Waals surface area (Å²) in [6, 6.07) is 11.1. The molecule has 1 heterocycles. The van der Waals surface area contributed by atoms with E-state index in [1.807, 2.05) is 33.0 Å². The van der Waals surface area contributed by atoms with Gasteiger partial charge in [0.2, 0.25) is 5.91 Å². The Balaban J connectivity index is 1.88. The molecule has 0 saturated carbocycles. The van der Waals surface area contributed by atoms with Gasteiger partial charge in [0.15, 0.2) is 5.82 Å². The number of benzene rings is 2. The number of carboxylic acid groups (broad SMARTS) is 1. The summed E-state index contributed by atoms with van der Waals surface area (Å²) >= 11 is 0. The second kappa shape index (κ2) is 13.9. The maximum Gasteiger partial charge on any atom is 0.410 e. The van der Waals surface area contributed by atoms with E-state index in [9.17, 15) is 19.2 Å². The van der Waals surface area contributed by atoms with Crippen molar-refractivity contribution in [2.45, 2.75) is 59.3 Å². The van der Waals surface area contributed by atoms with Crippen LogP contribution in [0.15, 0.2) is 53.5 Å². The van der Waals surface area contributed by atoms with Crippen molar-refractivity contribution >= 4 is 35.2 Å². The summed E-state index contributed by atoms with van der Waals surface area (Å²) in [6.07, 6.45) is 0.876. The quantitative estimate of drug-likeness (QED) is 0.102. The van der Waals surface area contributed by atoms with Gasteiger partial charge in [0.1, 0.15) is 12.4 Å². The fraction of sp³-hybridized carbons (Fsp3) is 0.310. The van der Waals surface area contributed by atoms with Crippen molar-refractivity contribution in [3.8, 4) is 11.3 Å². The van der Waals surface area contributed by atoms with Gasteiger partial charge in [0.25, 0.3) is 11.5 Å². The number of nitrogens with zero attached hydrogens (tertiary/aromatic N) is 2. The second-order valence-corrected chi connectivity index (χ2v) is 10.1. The first-order valence-corrected chi connectivity index (χ1v) is 13.4. The van der Waals surface area contributed by atoms with Crippen molar-refractivity contribution in [1.29, 1.82) is 5.41 Å². The van der Waals surface area contributed by atoms with E-state index in [4.69, 9.17) is 16.2 Å². The number of nitrogens with one attached hydrogen (secondary N) is 5. The van der Waals surface area contributed by atoms with E-state index in [0.29, 0.717) is 33.6 Å². The van der Waals surface area contributed by atoms with Gasteiger partial charge in [-0.25, -0.2) is 9.78 Å². The van der Waals surface area contributed by atoms with Crippen molar-refractivity contribution in [3.05, 3.63) is 75.7 Å². The predicted octanol–water partition coefficient (Wildman–Crippen LogP) is 2.75. The summed E-state index contributed by atoms with van der Waals surface area (Å²) in [5.74, 6) is -0.956. The van der Waals surface area contributed by atoms with Crippen LogP contribution in [0.1, 0.15) is 55.6 Å². The molecule has 3 amide bonds. The third-order valence-electron chi connectivity index (χ3n) is 6.25. The van der Waals surface area contributed by atoms with Crippen molar-refractivity contribution in [2.24, 2.45) is 0 Å². The first-order chi connectivity index (χ1) is 19.9. The molecule has 0 aliphatic heterocycles. The second-order valence-electron chi connectivity index (χ2n) is 10.1. The Labute approximate surface area is 243 Å². The third kappa shape index (κ3) is 8.40. The number of anilines is 2. The minimum atomic E-state index is -1.34. The van der Waals surface area contributed by atoms with Gasteiger partial charge in [-0.2, -0.15) is 0 Å². The van der Waals surface area contributed by atoms with E-state index in [2.05, 4.69) is 20.9 Å². The molecule has 2 aromatic carbocycles. The average Bonchev–Trinajstić information content (AvgIpc) is 2.93. The highest BCUT2D eigenvalue weighted by atomic mass is 16.4. The first kappa shape index (κ1) is 31.3. The van der Waals surface area contributed by atoms with Crippen molar-refractivity contribution < 1.29 is 19.5 Å². The van der Waals surface area contributed by atoms with Gasteiger partial charge in [-0.1, -0.05) is 31.2 Å². The number of nitrogens with two attached hydrogens (primary N) is 1. The van der Waals surface area contributed by atoms with Crippen LogP contribution in [-0.2, 0) is 17.9 Å². The summed E-state index contributed by atoms with van der Waals surface area (Å²) in [6.45, 7) is 7.36. The molecule has 3 rings (SSSR count). The molecule has 0 spiro atoms. The molecule has 8 N–H and O–H groups in total. The largest absolute Gasteiger partial charge is 0.465 e. The number of rotatable bonds is 11. The minimum Gasteiger partial charge on any atom is -0.465 e. The highest BCUT2D eigenvalue weighted by molar-refractivity contribution is 6.04. The van der Waals surface area contributed by atoms with E-state index < -0.39 is 17.6 Å². The number of nitrogen functional groups attached to an aromatic ring is 1. The zero-order valence-corrected chi connectivity index (χ0v) is 23.9. The maximum atomic E-state index is 13.5. The van der Waals surface area contributed by atoms with Gasteiger partial charge in [0, 0.05) is 41.0 Å². The smallest absolute Gasteiger partial charge is 0.410 e. The lowest BCUT2D eigenvalue weighted by molar-refractivity contribution is -0.121. The molecule has 0 saturated heterocycles. The van der Waals surface area contributed by atoms with Gasteiger partial charge >= 0.3 is 6.09 Å². The van der Waals surface area contributed by atoms with Gasteiger partial charge < -0.3 is 26.8 Å². The van der Waals surface area contributed by atoms with E-state index >= 15 is 0 Å².